The molecule has 27 heavy (non-hydrogen) atoms. The Kier molecular flexibility index (Phi) is 14.1. The van der Waals surface area contributed by atoms with Crippen LogP contribution in [0.2, 0.25) is 0 Å². The van der Waals surface area contributed by atoms with Crippen molar-refractivity contribution in [2.45, 2.75) is 63.9 Å². The van der Waals surface area contributed by atoms with Crippen LogP contribution in [0.4, 0.5) is 0 Å². The van der Waals surface area contributed by atoms with Gasteiger partial charge in [0.25, 0.3) is 0 Å². The fourth-order valence-electron chi connectivity index (χ4n) is 4.04. The molecule has 150 valence electrons. The molecular weight excluding hydrogens is 387 g/mol. The van der Waals surface area contributed by atoms with Crippen LogP contribution in [0.5, 0.6) is 0 Å². The summed E-state index contributed by atoms with van der Waals surface area (Å²) in [4.78, 5) is 0. The fraction of sp³-hybridized carbons (Fsp3) is 0.440. The van der Waals surface area contributed by atoms with Crippen LogP contribution in [0.3, 0.4) is 0 Å². The number of hydrogen-bond donors (Lipinski definition) is 0. The van der Waals surface area contributed by atoms with Crippen molar-refractivity contribution in [3.8, 4) is 0 Å². The zero-order valence-electron chi connectivity index (χ0n) is 17.4. The van der Waals surface area contributed by atoms with Crippen LogP contribution in [0.15, 0.2) is 60.7 Å². The Bertz CT molecular complexity index is 532. The van der Waals surface area contributed by atoms with Crippen molar-refractivity contribution in [1.29, 1.82) is 0 Å². The molecule has 2 aromatic rings. The molecular formula is C25H37FeP. The van der Waals surface area contributed by atoms with Crippen LogP contribution >= 0.6 is 7.92 Å². The van der Waals surface area contributed by atoms with Crippen molar-refractivity contribution in [3.05, 3.63) is 75.5 Å². The van der Waals surface area contributed by atoms with Gasteiger partial charge in [-0.2, -0.15) is 0 Å². The van der Waals surface area contributed by atoms with E-state index in [1.807, 2.05) is 0 Å². The SMILES string of the molecule is CC1CCCC1.[CH3-].[CH3-].[Fe+2].c1ccc(P(c2ccccc2)C2CCCC2)cc1. The monoisotopic (exact) mass is 424 g/mol. The van der Waals surface area contributed by atoms with Gasteiger partial charge in [-0.3, -0.25) is 0 Å². The van der Waals surface area contributed by atoms with Gasteiger partial charge in [-0.1, -0.05) is 106 Å². The molecule has 2 aliphatic carbocycles. The molecule has 0 unspecified atom stereocenters. The van der Waals surface area contributed by atoms with E-state index >= 15 is 0 Å². The maximum Gasteiger partial charge on any atom is 2.00 e. The zero-order valence-corrected chi connectivity index (χ0v) is 19.4. The Morgan fingerprint density at radius 3 is 1.33 bits per heavy atom. The van der Waals surface area contributed by atoms with E-state index in [1.54, 1.807) is 10.6 Å². The second kappa shape index (κ2) is 14.4. The Morgan fingerprint density at radius 1 is 0.630 bits per heavy atom. The summed E-state index contributed by atoms with van der Waals surface area (Å²) in [5.74, 6) is 1.05. The topological polar surface area (TPSA) is 0 Å². The molecule has 0 radical (unpaired) electrons. The molecule has 2 aromatic carbocycles. The Morgan fingerprint density at radius 2 is 1.00 bits per heavy atom. The minimum absolute atomic E-state index is 0. The van der Waals surface area contributed by atoms with Crippen LogP contribution in [0, 0.1) is 20.8 Å². The summed E-state index contributed by atoms with van der Waals surface area (Å²) >= 11 is 0. The maximum atomic E-state index is 2.34. The zero-order chi connectivity index (χ0) is 16.6. The third kappa shape index (κ3) is 8.11. The van der Waals surface area contributed by atoms with E-state index in [-0.39, 0.29) is 39.8 Å². The van der Waals surface area contributed by atoms with E-state index < -0.39 is 0 Å². The molecule has 2 heteroatoms. The number of benzene rings is 2. The molecule has 0 aliphatic heterocycles. The molecule has 2 aliphatic rings. The van der Waals surface area contributed by atoms with Gasteiger partial charge in [0.2, 0.25) is 0 Å². The number of rotatable bonds is 3. The molecule has 4 rings (SSSR count). The molecule has 0 atom stereocenters. The number of hydrogen-bond acceptors (Lipinski definition) is 0. The van der Waals surface area contributed by atoms with E-state index in [1.165, 1.54) is 51.4 Å². The van der Waals surface area contributed by atoms with Crippen molar-refractivity contribution in [3.63, 3.8) is 0 Å². The molecule has 0 spiro atoms. The smallest absolute Gasteiger partial charge is 0.358 e. The van der Waals surface area contributed by atoms with E-state index in [0.717, 1.165) is 11.6 Å². The molecule has 0 aromatic heterocycles. The predicted molar refractivity (Wildman–Crippen MR) is 122 cm³/mol. The van der Waals surface area contributed by atoms with Gasteiger partial charge in [0.1, 0.15) is 0 Å². The van der Waals surface area contributed by atoms with Gasteiger partial charge in [-0.25, -0.2) is 0 Å². The molecule has 0 amide bonds. The van der Waals surface area contributed by atoms with Gasteiger partial charge >= 0.3 is 17.1 Å². The van der Waals surface area contributed by atoms with Crippen molar-refractivity contribution in [2.24, 2.45) is 5.92 Å². The maximum absolute atomic E-state index is 2.34. The van der Waals surface area contributed by atoms with Crippen molar-refractivity contribution in [2.75, 3.05) is 0 Å². The molecule has 2 fully saturated rings. The summed E-state index contributed by atoms with van der Waals surface area (Å²) in [5.41, 5.74) is 0.893. The molecule has 0 heterocycles. The first kappa shape index (κ1) is 26.4. The summed E-state index contributed by atoms with van der Waals surface area (Å²) in [6, 6.07) is 22.2. The molecule has 0 nitrogen and oxygen atoms in total. The van der Waals surface area contributed by atoms with Gasteiger partial charge in [-0.15, -0.1) is 0 Å². The quantitative estimate of drug-likeness (QED) is 0.279. The largest absolute Gasteiger partial charge is 2.00 e. The van der Waals surface area contributed by atoms with Crippen LogP contribution in [0.1, 0.15) is 58.3 Å². The molecule has 0 saturated heterocycles. The van der Waals surface area contributed by atoms with Gasteiger partial charge in [0, 0.05) is 0 Å². The van der Waals surface area contributed by atoms with E-state index in [2.05, 4.69) is 67.6 Å². The Hall–Kier alpha value is -0.611. The second-order valence-electron chi connectivity index (χ2n) is 7.37. The Labute approximate surface area is 180 Å². The standard InChI is InChI=1S/C17H19P.C6H12.2CH3.Fe/c1-3-9-15(10-4-1)18(17-13-7-8-14-17)16-11-5-2-6-12-16;1-6-4-2-3-5-6;;;/h1-6,9-12,17H,7-8,13-14H2;6H,2-5H2,1H3;2*1H3;/q;;2*-1;+2. The van der Waals surface area contributed by atoms with Crippen LogP contribution in [-0.2, 0) is 17.1 Å². The average Bonchev–Trinajstić information content (AvgIpc) is 3.32. The summed E-state index contributed by atoms with van der Waals surface area (Å²) in [6.07, 6.45) is 11.6. The third-order valence-corrected chi connectivity index (χ3v) is 8.36. The summed E-state index contributed by atoms with van der Waals surface area (Å²) in [6.45, 7) is 2.34. The van der Waals surface area contributed by atoms with Crippen molar-refractivity contribution in [1.82, 2.24) is 0 Å². The minimum Gasteiger partial charge on any atom is -0.358 e. The first-order valence-electron chi connectivity index (χ1n) is 9.74. The third-order valence-electron chi connectivity index (χ3n) is 5.40. The van der Waals surface area contributed by atoms with Crippen LogP contribution < -0.4 is 10.6 Å². The van der Waals surface area contributed by atoms with Gasteiger partial charge < -0.3 is 14.9 Å². The molecule has 0 N–H and O–H groups in total. The van der Waals surface area contributed by atoms with Gasteiger partial charge in [0.05, 0.1) is 0 Å². The first-order valence-corrected chi connectivity index (χ1v) is 11.1. The average molecular weight is 424 g/mol. The van der Waals surface area contributed by atoms with E-state index in [4.69, 9.17) is 0 Å². The molecule has 0 bridgehead atoms. The van der Waals surface area contributed by atoms with E-state index in [0.29, 0.717) is 0 Å². The van der Waals surface area contributed by atoms with Crippen molar-refractivity contribution < 1.29 is 17.1 Å². The summed E-state index contributed by atoms with van der Waals surface area (Å²) < 4.78 is 0. The van der Waals surface area contributed by atoms with Crippen LogP contribution in [0.25, 0.3) is 0 Å². The normalized spacial score (nSPS) is 16.5. The second-order valence-corrected chi connectivity index (χ2v) is 9.87. The van der Waals surface area contributed by atoms with Gasteiger partial charge in [-0.05, 0) is 42.9 Å². The van der Waals surface area contributed by atoms with Crippen LogP contribution in [-0.4, -0.2) is 5.66 Å². The minimum atomic E-state index is -0.152. The molecule has 2 saturated carbocycles. The summed E-state index contributed by atoms with van der Waals surface area (Å²) in [5, 5.41) is 3.09. The Balaban J connectivity index is 0.000000652. The van der Waals surface area contributed by atoms with Crippen molar-refractivity contribution >= 4 is 18.5 Å². The first-order chi connectivity index (χ1) is 11.8. The van der Waals surface area contributed by atoms with E-state index in [9.17, 15) is 0 Å². The predicted octanol–water partition coefficient (Wildman–Crippen LogP) is 7.16. The summed E-state index contributed by atoms with van der Waals surface area (Å²) in [7, 11) is -0.152. The fourth-order valence-corrected chi connectivity index (χ4v) is 7.05. The van der Waals surface area contributed by atoms with Gasteiger partial charge in [0.15, 0.2) is 0 Å².